The Morgan fingerprint density at radius 3 is 3.00 bits per heavy atom. The number of imidazole rings is 1. The first-order valence-electron chi connectivity index (χ1n) is 5.16. The van der Waals surface area contributed by atoms with E-state index in [1.54, 1.807) is 12.5 Å². The maximum absolute atomic E-state index is 11.3. The van der Waals surface area contributed by atoms with Gasteiger partial charge in [-0.05, 0) is 0 Å². The molecule has 1 amide bonds. The lowest BCUT2D eigenvalue weighted by atomic mass is 10.3. The fraction of sp³-hybridized carbons (Fsp3) is 0.600. The standard InChI is InChI=1S/C10H18N4O/c1-8(2)13-6-10(15)12-4-3-9-5-11-7-14-9/h5,7-8,13H,3-4,6H2,1-2H3,(H,11,14)(H,12,15). The molecule has 0 saturated carbocycles. The van der Waals surface area contributed by atoms with E-state index in [2.05, 4.69) is 20.6 Å². The van der Waals surface area contributed by atoms with Crippen LogP contribution in [-0.4, -0.2) is 35.0 Å². The second-order valence-corrected chi connectivity index (χ2v) is 3.71. The lowest BCUT2D eigenvalue weighted by Gasteiger charge is -2.08. The smallest absolute Gasteiger partial charge is 0.233 e. The van der Waals surface area contributed by atoms with Crippen LogP contribution < -0.4 is 10.6 Å². The Hall–Kier alpha value is -1.36. The van der Waals surface area contributed by atoms with Crippen molar-refractivity contribution in [3.05, 3.63) is 18.2 Å². The summed E-state index contributed by atoms with van der Waals surface area (Å²) in [5, 5.41) is 5.88. The average Bonchev–Trinajstić information content (AvgIpc) is 2.67. The van der Waals surface area contributed by atoms with E-state index >= 15 is 0 Å². The van der Waals surface area contributed by atoms with E-state index in [-0.39, 0.29) is 5.91 Å². The molecule has 5 nitrogen and oxygen atoms in total. The van der Waals surface area contributed by atoms with Gasteiger partial charge in [-0.3, -0.25) is 4.79 Å². The first-order valence-corrected chi connectivity index (χ1v) is 5.16. The normalized spacial score (nSPS) is 10.6. The molecule has 0 aliphatic rings. The first-order chi connectivity index (χ1) is 7.18. The van der Waals surface area contributed by atoms with E-state index in [9.17, 15) is 4.79 Å². The molecule has 5 heteroatoms. The monoisotopic (exact) mass is 210 g/mol. The van der Waals surface area contributed by atoms with Crippen molar-refractivity contribution in [3.63, 3.8) is 0 Å². The van der Waals surface area contributed by atoms with Crippen molar-refractivity contribution in [2.24, 2.45) is 0 Å². The van der Waals surface area contributed by atoms with Crippen LogP contribution in [0.15, 0.2) is 12.5 Å². The molecule has 84 valence electrons. The van der Waals surface area contributed by atoms with Gasteiger partial charge in [0.2, 0.25) is 5.91 Å². The van der Waals surface area contributed by atoms with Gasteiger partial charge in [-0.1, -0.05) is 13.8 Å². The minimum atomic E-state index is 0.0308. The van der Waals surface area contributed by atoms with Crippen LogP contribution in [0.4, 0.5) is 0 Å². The molecule has 1 aromatic heterocycles. The van der Waals surface area contributed by atoms with Crippen LogP contribution in [-0.2, 0) is 11.2 Å². The molecule has 1 rings (SSSR count). The average molecular weight is 210 g/mol. The summed E-state index contributed by atoms with van der Waals surface area (Å²) < 4.78 is 0. The van der Waals surface area contributed by atoms with Crippen molar-refractivity contribution < 1.29 is 4.79 Å². The van der Waals surface area contributed by atoms with E-state index in [1.165, 1.54) is 0 Å². The van der Waals surface area contributed by atoms with Gasteiger partial charge >= 0.3 is 0 Å². The maximum atomic E-state index is 11.3. The third kappa shape index (κ3) is 5.17. The summed E-state index contributed by atoms with van der Waals surface area (Å²) in [6, 6.07) is 0.336. The Balaban J connectivity index is 2.07. The zero-order valence-electron chi connectivity index (χ0n) is 9.21. The van der Waals surface area contributed by atoms with Crippen LogP contribution in [0.1, 0.15) is 19.5 Å². The van der Waals surface area contributed by atoms with E-state index in [0.29, 0.717) is 19.1 Å². The number of hydrogen-bond acceptors (Lipinski definition) is 3. The molecule has 0 spiro atoms. The number of carbonyl (C=O) groups is 1. The number of aromatic nitrogens is 2. The number of carbonyl (C=O) groups excluding carboxylic acids is 1. The third-order valence-corrected chi connectivity index (χ3v) is 1.94. The lowest BCUT2D eigenvalue weighted by Crippen LogP contribution is -2.37. The van der Waals surface area contributed by atoms with Crippen molar-refractivity contribution in [2.45, 2.75) is 26.3 Å². The number of rotatable bonds is 6. The summed E-state index contributed by atoms with van der Waals surface area (Å²) in [6.45, 7) is 5.04. The van der Waals surface area contributed by atoms with Crippen molar-refractivity contribution in [3.8, 4) is 0 Å². The largest absolute Gasteiger partial charge is 0.355 e. The third-order valence-electron chi connectivity index (χ3n) is 1.94. The van der Waals surface area contributed by atoms with Crippen molar-refractivity contribution >= 4 is 5.91 Å². The quantitative estimate of drug-likeness (QED) is 0.622. The topological polar surface area (TPSA) is 69.8 Å². The van der Waals surface area contributed by atoms with Crippen molar-refractivity contribution in [2.75, 3.05) is 13.1 Å². The summed E-state index contributed by atoms with van der Waals surface area (Å²) in [6.07, 6.45) is 4.18. The van der Waals surface area contributed by atoms with Crippen LogP contribution in [0.5, 0.6) is 0 Å². The number of nitrogens with zero attached hydrogens (tertiary/aromatic N) is 1. The zero-order valence-corrected chi connectivity index (χ0v) is 9.21. The molecule has 0 saturated heterocycles. The van der Waals surface area contributed by atoms with Crippen LogP contribution in [0.2, 0.25) is 0 Å². The molecule has 0 unspecified atom stereocenters. The lowest BCUT2D eigenvalue weighted by molar-refractivity contribution is -0.120. The van der Waals surface area contributed by atoms with Gasteiger partial charge in [0.25, 0.3) is 0 Å². The molecular weight excluding hydrogens is 192 g/mol. The van der Waals surface area contributed by atoms with Gasteiger partial charge in [-0.25, -0.2) is 4.98 Å². The Morgan fingerprint density at radius 2 is 2.40 bits per heavy atom. The zero-order chi connectivity index (χ0) is 11.1. The minimum Gasteiger partial charge on any atom is -0.355 e. The summed E-state index contributed by atoms with van der Waals surface area (Å²) >= 11 is 0. The van der Waals surface area contributed by atoms with Crippen molar-refractivity contribution in [1.29, 1.82) is 0 Å². The van der Waals surface area contributed by atoms with E-state index in [0.717, 1.165) is 12.1 Å². The van der Waals surface area contributed by atoms with Gasteiger partial charge in [-0.2, -0.15) is 0 Å². The number of H-pyrrole nitrogens is 1. The Kier molecular flexibility index (Phi) is 4.83. The number of aromatic amines is 1. The van der Waals surface area contributed by atoms with E-state index in [4.69, 9.17) is 0 Å². The molecule has 0 aliphatic heterocycles. The number of amides is 1. The van der Waals surface area contributed by atoms with Gasteiger partial charge < -0.3 is 15.6 Å². The molecule has 15 heavy (non-hydrogen) atoms. The van der Waals surface area contributed by atoms with Crippen LogP contribution in [0.3, 0.4) is 0 Å². The highest BCUT2D eigenvalue weighted by atomic mass is 16.1. The predicted molar refractivity (Wildman–Crippen MR) is 58.4 cm³/mol. The molecule has 0 fully saturated rings. The maximum Gasteiger partial charge on any atom is 0.233 e. The van der Waals surface area contributed by atoms with Gasteiger partial charge in [0.15, 0.2) is 0 Å². The highest BCUT2D eigenvalue weighted by Crippen LogP contribution is 1.90. The number of nitrogens with one attached hydrogen (secondary N) is 3. The first kappa shape index (κ1) is 11.7. The van der Waals surface area contributed by atoms with Gasteiger partial charge in [-0.15, -0.1) is 0 Å². The van der Waals surface area contributed by atoms with Crippen LogP contribution in [0.25, 0.3) is 0 Å². The summed E-state index contributed by atoms with van der Waals surface area (Å²) in [7, 11) is 0. The molecule has 0 radical (unpaired) electrons. The van der Waals surface area contributed by atoms with E-state index < -0.39 is 0 Å². The van der Waals surface area contributed by atoms with Crippen molar-refractivity contribution in [1.82, 2.24) is 20.6 Å². The molecule has 0 bridgehead atoms. The number of hydrogen-bond donors (Lipinski definition) is 3. The fourth-order valence-electron chi connectivity index (χ4n) is 1.12. The fourth-order valence-corrected chi connectivity index (χ4v) is 1.12. The second kappa shape index (κ2) is 6.19. The highest BCUT2D eigenvalue weighted by molar-refractivity contribution is 5.77. The second-order valence-electron chi connectivity index (χ2n) is 3.71. The minimum absolute atomic E-state index is 0.0308. The Bertz CT molecular complexity index is 282. The summed E-state index contributed by atoms with van der Waals surface area (Å²) in [5.74, 6) is 0.0308. The molecule has 1 aromatic rings. The molecular formula is C10H18N4O. The molecule has 0 atom stereocenters. The Labute approximate surface area is 89.7 Å². The predicted octanol–water partition coefficient (Wildman–Crippen LogP) is 0.0664. The molecule has 1 heterocycles. The van der Waals surface area contributed by atoms with Gasteiger partial charge in [0, 0.05) is 30.9 Å². The van der Waals surface area contributed by atoms with Crippen LogP contribution in [0, 0.1) is 0 Å². The SMILES string of the molecule is CC(C)NCC(=O)NCCc1cnc[nH]1. The summed E-state index contributed by atoms with van der Waals surface area (Å²) in [4.78, 5) is 18.2. The van der Waals surface area contributed by atoms with Gasteiger partial charge in [0.05, 0.1) is 12.9 Å². The summed E-state index contributed by atoms with van der Waals surface area (Å²) in [5.41, 5.74) is 1.03. The van der Waals surface area contributed by atoms with Crippen LogP contribution >= 0.6 is 0 Å². The highest BCUT2D eigenvalue weighted by Gasteiger charge is 2.01. The van der Waals surface area contributed by atoms with Gasteiger partial charge in [0.1, 0.15) is 0 Å². The Morgan fingerprint density at radius 1 is 1.60 bits per heavy atom. The molecule has 0 aromatic carbocycles. The molecule has 3 N–H and O–H groups in total. The van der Waals surface area contributed by atoms with E-state index in [1.807, 2.05) is 13.8 Å². The molecule has 0 aliphatic carbocycles.